The van der Waals surface area contributed by atoms with Gasteiger partial charge in [0, 0.05) is 5.56 Å². The summed E-state index contributed by atoms with van der Waals surface area (Å²) < 4.78 is 62.3. The van der Waals surface area contributed by atoms with Crippen molar-refractivity contribution >= 4 is 0 Å². The monoisotopic (exact) mass is 240 g/mol. The van der Waals surface area contributed by atoms with Crippen LogP contribution >= 0.6 is 0 Å². The molecule has 0 aliphatic carbocycles. The Morgan fingerprint density at radius 3 is 2.38 bits per heavy atom. The summed E-state index contributed by atoms with van der Waals surface area (Å²) in [7, 11) is 0. The topological polar surface area (TPSA) is 38.0 Å². The van der Waals surface area contributed by atoms with Gasteiger partial charge in [-0.3, -0.25) is 11.3 Å². The van der Waals surface area contributed by atoms with E-state index in [4.69, 9.17) is 5.84 Å². The van der Waals surface area contributed by atoms with Crippen molar-refractivity contribution in [3.05, 3.63) is 35.4 Å². The number of hydrogen-bond donors (Lipinski definition) is 2. The van der Waals surface area contributed by atoms with Crippen LogP contribution in [0.4, 0.5) is 22.0 Å². The van der Waals surface area contributed by atoms with E-state index in [1.165, 1.54) is 0 Å². The predicted octanol–water partition coefficient (Wildman–Crippen LogP) is 2.42. The highest BCUT2D eigenvalue weighted by atomic mass is 19.4. The van der Waals surface area contributed by atoms with Crippen LogP contribution in [0.2, 0.25) is 0 Å². The van der Waals surface area contributed by atoms with Gasteiger partial charge in [0.25, 0.3) is 0 Å². The molecule has 0 heterocycles. The lowest BCUT2D eigenvalue weighted by Gasteiger charge is -2.18. The van der Waals surface area contributed by atoms with Crippen molar-refractivity contribution in [2.45, 2.75) is 18.6 Å². The molecule has 1 atom stereocenters. The van der Waals surface area contributed by atoms with Gasteiger partial charge >= 0.3 is 6.18 Å². The van der Waals surface area contributed by atoms with Crippen molar-refractivity contribution in [2.24, 2.45) is 5.84 Å². The van der Waals surface area contributed by atoms with E-state index in [0.717, 1.165) is 18.2 Å². The van der Waals surface area contributed by atoms with Crippen molar-refractivity contribution in [3.63, 3.8) is 0 Å². The highest BCUT2D eigenvalue weighted by molar-refractivity contribution is 5.22. The third kappa shape index (κ3) is 3.14. The van der Waals surface area contributed by atoms with Crippen LogP contribution in [0.1, 0.15) is 18.0 Å². The highest BCUT2D eigenvalue weighted by Crippen LogP contribution is 2.30. The lowest BCUT2D eigenvalue weighted by Crippen LogP contribution is -2.32. The molecule has 1 unspecified atom stereocenters. The SMILES string of the molecule is NNC(CC(F)(F)F)c1cccc(F)c1F. The molecule has 0 aliphatic rings. The fraction of sp³-hybridized carbons (Fsp3) is 0.333. The zero-order valence-electron chi connectivity index (χ0n) is 7.98. The summed E-state index contributed by atoms with van der Waals surface area (Å²) in [5.74, 6) is 2.36. The largest absolute Gasteiger partial charge is 0.390 e. The first-order valence-electron chi connectivity index (χ1n) is 4.32. The van der Waals surface area contributed by atoms with Gasteiger partial charge in [-0.05, 0) is 6.07 Å². The number of alkyl halides is 3. The first-order chi connectivity index (χ1) is 7.35. The molecule has 90 valence electrons. The molecule has 1 aromatic rings. The van der Waals surface area contributed by atoms with Crippen LogP contribution in [-0.2, 0) is 0 Å². The second kappa shape index (κ2) is 4.75. The van der Waals surface area contributed by atoms with Gasteiger partial charge in [0.05, 0.1) is 12.5 Å². The minimum atomic E-state index is -4.52. The molecule has 16 heavy (non-hydrogen) atoms. The molecule has 0 bridgehead atoms. The average molecular weight is 240 g/mol. The highest BCUT2D eigenvalue weighted by Gasteiger charge is 2.33. The van der Waals surface area contributed by atoms with E-state index >= 15 is 0 Å². The molecule has 0 spiro atoms. The van der Waals surface area contributed by atoms with Gasteiger partial charge < -0.3 is 0 Å². The number of hydrazine groups is 1. The third-order valence-electron chi connectivity index (χ3n) is 1.99. The normalized spacial score (nSPS) is 13.9. The maximum atomic E-state index is 13.2. The second-order valence-electron chi connectivity index (χ2n) is 3.18. The quantitative estimate of drug-likeness (QED) is 0.483. The summed E-state index contributed by atoms with van der Waals surface area (Å²) in [5.41, 5.74) is 1.37. The van der Waals surface area contributed by atoms with Gasteiger partial charge in [0.1, 0.15) is 0 Å². The Morgan fingerprint density at radius 1 is 1.25 bits per heavy atom. The Bertz CT molecular complexity index is 363. The third-order valence-corrected chi connectivity index (χ3v) is 1.99. The van der Waals surface area contributed by atoms with Gasteiger partial charge in [0.15, 0.2) is 11.6 Å². The number of benzene rings is 1. The van der Waals surface area contributed by atoms with E-state index in [0.29, 0.717) is 0 Å². The summed E-state index contributed by atoms with van der Waals surface area (Å²) in [5, 5.41) is 0. The van der Waals surface area contributed by atoms with Crippen LogP contribution in [0, 0.1) is 11.6 Å². The second-order valence-corrected chi connectivity index (χ2v) is 3.18. The number of nitrogens with two attached hydrogens (primary N) is 1. The summed E-state index contributed by atoms with van der Waals surface area (Å²) in [4.78, 5) is 0. The van der Waals surface area contributed by atoms with Gasteiger partial charge in [-0.15, -0.1) is 0 Å². The maximum Gasteiger partial charge on any atom is 0.390 e. The molecule has 1 rings (SSSR count). The molecule has 0 amide bonds. The summed E-state index contributed by atoms with van der Waals surface area (Å²) in [6.07, 6.45) is -5.89. The molecule has 1 aromatic carbocycles. The maximum absolute atomic E-state index is 13.2. The summed E-state index contributed by atoms with van der Waals surface area (Å²) in [6, 6.07) is 1.49. The molecule has 3 N–H and O–H groups in total. The van der Waals surface area contributed by atoms with Crippen molar-refractivity contribution in [1.29, 1.82) is 0 Å². The van der Waals surface area contributed by atoms with E-state index in [-0.39, 0.29) is 0 Å². The Morgan fingerprint density at radius 2 is 1.88 bits per heavy atom. The van der Waals surface area contributed by atoms with Crippen LogP contribution in [0.5, 0.6) is 0 Å². The fourth-order valence-electron chi connectivity index (χ4n) is 1.28. The van der Waals surface area contributed by atoms with Gasteiger partial charge in [-0.2, -0.15) is 13.2 Å². The molecule has 7 heteroatoms. The standard InChI is InChI=1S/C9H9F5N2/c10-6-3-1-2-5(8(6)11)7(16-15)4-9(12,13)14/h1-3,7,16H,4,15H2. The minimum absolute atomic E-state index is 0.445. The minimum Gasteiger partial charge on any atom is -0.271 e. The van der Waals surface area contributed by atoms with Crippen LogP contribution in [0.3, 0.4) is 0 Å². The van der Waals surface area contributed by atoms with E-state index in [1.807, 2.05) is 5.43 Å². The van der Waals surface area contributed by atoms with Gasteiger partial charge in [0.2, 0.25) is 0 Å². The van der Waals surface area contributed by atoms with Crippen molar-refractivity contribution in [1.82, 2.24) is 5.43 Å². The molecule has 2 nitrogen and oxygen atoms in total. The number of rotatable bonds is 3. The van der Waals surface area contributed by atoms with Crippen LogP contribution in [0.25, 0.3) is 0 Å². The first-order valence-corrected chi connectivity index (χ1v) is 4.32. The molecule has 0 saturated heterocycles. The predicted molar refractivity (Wildman–Crippen MR) is 47.1 cm³/mol. The summed E-state index contributed by atoms with van der Waals surface area (Å²) in [6.45, 7) is 0. The fourth-order valence-corrected chi connectivity index (χ4v) is 1.28. The molecular weight excluding hydrogens is 231 g/mol. The van der Waals surface area contributed by atoms with Crippen LogP contribution < -0.4 is 11.3 Å². The zero-order valence-corrected chi connectivity index (χ0v) is 7.98. The molecule has 0 aliphatic heterocycles. The van der Waals surface area contributed by atoms with Crippen molar-refractivity contribution in [3.8, 4) is 0 Å². The van der Waals surface area contributed by atoms with Crippen LogP contribution in [0.15, 0.2) is 18.2 Å². The first kappa shape index (κ1) is 12.9. The Hall–Kier alpha value is -1.21. The lowest BCUT2D eigenvalue weighted by atomic mass is 10.0. The van der Waals surface area contributed by atoms with E-state index < -0.39 is 35.8 Å². The summed E-state index contributed by atoms with van der Waals surface area (Å²) >= 11 is 0. The Labute approximate surface area is 88.2 Å². The molecular formula is C9H9F5N2. The molecule has 0 aromatic heterocycles. The number of hydrogen-bond acceptors (Lipinski definition) is 2. The van der Waals surface area contributed by atoms with Crippen molar-refractivity contribution in [2.75, 3.05) is 0 Å². The van der Waals surface area contributed by atoms with E-state index in [1.54, 1.807) is 0 Å². The van der Waals surface area contributed by atoms with Crippen molar-refractivity contribution < 1.29 is 22.0 Å². The van der Waals surface area contributed by atoms with Gasteiger partial charge in [-0.25, -0.2) is 8.78 Å². The number of nitrogens with one attached hydrogen (secondary N) is 1. The zero-order chi connectivity index (χ0) is 12.3. The van der Waals surface area contributed by atoms with Gasteiger partial charge in [-0.1, -0.05) is 12.1 Å². The smallest absolute Gasteiger partial charge is 0.271 e. The van der Waals surface area contributed by atoms with Crippen LogP contribution in [-0.4, -0.2) is 6.18 Å². The Balaban J connectivity index is 3.00. The Kier molecular flexibility index (Phi) is 3.82. The van der Waals surface area contributed by atoms with E-state index in [2.05, 4.69) is 0 Å². The molecule has 0 radical (unpaired) electrons. The molecule has 0 saturated carbocycles. The van der Waals surface area contributed by atoms with E-state index in [9.17, 15) is 22.0 Å². The average Bonchev–Trinajstić information content (AvgIpc) is 2.18. The molecule has 0 fully saturated rings. The number of halogens is 5. The lowest BCUT2D eigenvalue weighted by molar-refractivity contribution is -0.140.